The molecule has 0 fully saturated rings. The number of ether oxygens (including phenoxy) is 1. The highest BCUT2D eigenvalue weighted by atomic mass is 35.5. The zero-order valence-corrected chi connectivity index (χ0v) is 16.1. The fourth-order valence-electron chi connectivity index (χ4n) is 1.95. The number of carbonyl (C=O) groups is 1. The minimum atomic E-state index is -0.342. The monoisotopic (exact) mass is 396 g/mol. The summed E-state index contributed by atoms with van der Waals surface area (Å²) in [6, 6.07) is 11.9. The van der Waals surface area contributed by atoms with Gasteiger partial charge in [-0.05, 0) is 62.0 Å². The van der Waals surface area contributed by atoms with Crippen LogP contribution < -0.4 is 15.4 Å². The lowest BCUT2D eigenvalue weighted by Crippen LogP contribution is -2.34. The second kappa shape index (κ2) is 9.04. The van der Waals surface area contributed by atoms with E-state index in [-0.39, 0.29) is 17.1 Å². The average Bonchev–Trinajstić information content (AvgIpc) is 2.58. The molecule has 1 unspecified atom stereocenters. The summed E-state index contributed by atoms with van der Waals surface area (Å²) >= 11 is 17.2. The van der Waals surface area contributed by atoms with Gasteiger partial charge in [-0.25, -0.2) is 0 Å². The number of halogens is 2. The molecule has 0 radical (unpaired) electrons. The van der Waals surface area contributed by atoms with Crippen LogP contribution in [0, 0.1) is 0 Å². The maximum atomic E-state index is 12.4. The van der Waals surface area contributed by atoms with Crippen molar-refractivity contribution in [2.75, 3.05) is 5.32 Å². The van der Waals surface area contributed by atoms with Gasteiger partial charge in [0.05, 0.1) is 16.8 Å². The minimum Gasteiger partial charge on any atom is -0.491 e. The van der Waals surface area contributed by atoms with Crippen LogP contribution in [-0.4, -0.2) is 17.1 Å². The van der Waals surface area contributed by atoms with Gasteiger partial charge in [0, 0.05) is 10.6 Å². The van der Waals surface area contributed by atoms with Crippen molar-refractivity contribution in [1.82, 2.24) is 5.32 Å². The first-order chi connectivity index (χ1) is 11.9. The van der Waals surface area contributed by atoms with Gasteiger partial charge in [0.2, 0.25) is 0 Å². The van der Waals surface area contributed by atoms with Crippen LogP contribution >= 0.6 is 35.4 Å². The van der Waals surface area contributed by atoms with E-state index in [0.29, 0.717) is 27.0 Å². The zero-order chi connectivity index (χ0) is 18.4. The minimum absolute atomic E-state index is 0.0750. The molecule has 132 valence electrons. The van der Waals surface area contributed by atoms with Crippen molar-refractivity contribution >= 4 is 52.1 Å². The van der Waals surface area contributed by atoms with Crippen molar-refractivity contribution in [2.45, 2.75) is 26.4 Å². The fourth-order valence-corrected chi connectivity index (χ4v) is 2.49. The average molecular weight is 397 g/mol. The summed E-state index contributed by atoms with van der Waals surface area (Å²) < 4.78 is 5.72. The first-order valence-electron chi connectivity index (χ1n) is 7.73. The Morgan fingerprint density at radius 2 is 2.00 bits per heavy atom. The van der Waals surface area contributed by atoms with Gasteiger partial charge < -0.3 is 10.1 Å². The molecule has 2 aromatic rings. The molecule has 0 spiro atoms. The number of hydrogen-bond donors (Lipinski definition) is 2. The van der Waals surface area contributed by atoms with Gasteiger partial charge in [-0.15, -0.1) is 0 Å². The molecular weight excluding hydrogens is 379 g/mol. The van der Waals surface area contributed by atoms with E-state index in [1.807, 2.05) is 19.9 Å². The maximum Gasteiger partial charge on any atom is 0.257 e. The first-order valence-corrected chi connectivity index (χ1v) is 8.89. The molecule has 2 aromatic carbocycles. The molecule has 2 N–H and O–H groups in total. The lowest BCUT2D eigenvalue weighted by atomic mass is 10.2. The number of anilines is 1. The summed E-state index contributed by atoms with van der Waals surface area (Å²) in [4.78, 5) is 12.4. The quantitative estimate of drug-likeness (QED) is 0.673. The third-order valence-corrected chi connectivity index (χ3v) is 4.18. The van der Waals surface area contributed by atoms with Crippen LogP contribution in [0.3, 0.4) is 0 Å². The summed E-state index contributed by atoms with van der Waals surface area (Å²) in [7, 11) is 0. The van der Waals surface area contributed by atoms with Crippen LogP contribution in [0.5, 0.6) is 5.75 Å². The number of carbonyl (C=O) groups excluding carboxylic acids is 1. The largest absolute Gasteiger partial charge is 0.491 e. The van der Waals surface area contributed by atoms with Gasteiger partial charge in [0.15, 0.2) is 5.11 Å². The molecule has 1 amide bonds. The van der Waals surface area contributed by atoms with Crippen LogP contribution in [0.4, 0.5) is 5.69 Å². The van der Waals surface area contributed by atoms with E-state index in [9.17, 15) is 4.79 Å². The fraction of sp³-hybridized carbons (Fsp3) is 0.222. The Labute approximate surface area is 162 Å². The zero-order valence-electron chi connectivity index (χ0n) is 13.8. The van der Waals surface area contributed by atoms with E-state index in [1.165, 1.54) is 0 Å². The first kappa shape index (κ1) is 19.5. The third-order valence-electron chi connectivity index (χ3n) is 3.41. The highest BCUT2D eigenvalue weighted by Crippen LogP contribution is 2.25. The second-order valence-electron chi connectivity index (χ2n) is 5.40. The molecule has 0 bridgehead atoms. The van der Waals surface area contributed by atoms with Gasteiger partial charge in [0.1, 0.15) is 5.75 Å². The molecule has 0 saturated carbocycles. The highest BCUT2D eigenvalue weighted by Gasteiger charge is 2.11. The number of hydrogen-bond acceptors (Lipinski definition) is 3. The highest BCUT2D eigenvalue weighted by molar-refractivity contribution is 7.80. The maximum absolute atomic E-state index is 12.4. The molecule has 25 heavy (non-hydrogen) atoms. The van der Waals surface area contributed by atoms with Gasteiger partial charge in [-0.3, -0.25) is 10.1 Å². The van der Waals surface area contributed by atoms with E-state index >= 15 is 0 Å². The van der Waals surface area contributed by atoms with Crippen molar-refractivity contribution in [1.29, 1.82) is 0 Å². The smallest absolute Gasteiger partial charge is 0.257 e. The van der Waals surface area contributed by atoms with Gasteiger partial charge in [-0.1, -0.05) is 36.2 Å². The van der Waals surface area contributed by atoms with Crippen molar-refractivity contribution in [2.24, 2.45) is 0 Å². The van der Waals surface area contributed by atoms with Crippen LogP contribution in [0.2, 0.25) is 10.0 Å². The van der Waals surface area contributed by atoms with Crippen LogP contribution in [0.15, 0.2) is 42.5 Å². The summed E-state index contributed by atoms with van der Waals surface area (Å²) in [5.41, 5.74) is 0.968. The van der Waals surface area contributed by atoms with E-state index in [4.69, 9.17) is 40.2 Å². The van der Waals surface area contributed by atoms with Gasteiger partial charge in [0.25, 0.3) is 5.91 Å². The Morgan fingerprint density at radius 3 is 2.72 bits per heavy atom. The second-order valence-corrected chi connectivity index (χ2v) is 6.65. The Bertz CT molecular complexity index is 783. The third kappa shape index (κ3) is 5.88. The Balaban J connectivity index is 2.02. The number of nitrogens with one attached hydrogen (secondary N) is 2. The molecule has 4 nitrogen and oxygen atoms in total. The SMILES string of the molecule is CCC(C)Oc1cccc(C(=O)NC(=S)Nc2cc(Cl)ccc2Cl)c1. The molecular formula is C18H18Cl2N2O2S. The van der Waals surface area contributed by atoms with E-state index in [2.05, 4.69) is 10.6 Å². The van der Waals surface area contributed by atoms with Crippen molar-refractivity contribution in [3.8, 4) is 5.75 Å². The molecule has 0 heterocycles. The summed E-state index contributed by atoms with van der Waals surface area (Å²) in [5, 5.41) is 6.56. The number of amides is 1. The molecule has 1 atom stereocenters. The van der Waals surface area contributed by atoms with Crippen LogP contribution in [-0.2, 0) is 0 Å². The van der Waals surface area contributed by atoms with Crippen LogP contribution in [0.25, 0.3) is 0 Å². The van der Waals surface area contributed by atoms with Crippen molar-refractivity contribution in [3.63, 3.8) is 0 Å². The van der Waals surface area contributed by atoms with E-state index in [0.717, 1.165) is 6.42 Å². The predicted octanol–water partition coefficient (Wildman–Crippen LogP) is 5.30. The topological polar surface area (TPSA) is 50.4 Å². The molecule has 2 rings (SSSR count). The standard InChI is InChI=1S/C18H18Cl2N2O2S/c1-3-11(2)24-14-6-4-5-12(9-14)17(23)22-18(25)21-16-10-13(19)7-8-15(16)20/h4-11H,3H2,1-2H3,(H2,21,22,23,25). The molecule has 0 saturated heterocycles. The molecule has 0 aromatic heterocycles. The summed E-state index contributed by atoms with van der Waals surface area (Å²) in [6.07, 6.45) is 0.955. The lowest BCUT2D eigenvalue weighted by molar-refractivity contribution is 0.0977. The molecule has 0 aliphatic rings. The predicted molar refractivity (Wildman–Crippen MR) is 107 cm³/mol. The molecule has 0 aliphatic carbocycles. The molecule has 7 heteroatoms. The Morgan fingerprint density at radius 1 is 1.24 bits per heavy atom. The van der Waals surface area contributed by atoms with Gasteiger partial charge >= 0.3 is 0 Å². The van der Waals surface area contributed by atoms with Crippen LogP contribution in [0.1, 0.15) is 30.6 Å². The Hall–Kier alpha value is -1.82. The Kier molecular flexibility index (Phi) is 7.05. The van der Waals surface area contributed by atoms with Gasteiger partial charge in [-0.2, -0.15) is 0 Å². The van der Waals surface area contributed by atoms with E-state index in [1.54, 1.807) is 36.4 Å². The number of rotatable bonds is 5. The van der Waals surface area contributed by atoms with E-state index < -0.39 is 0 Å². The van der Waals surface area contributed by atoms with Crippen molar-refractivity contribution < 1.29 is 9.53 Å². The number of thiocarbonyl (C=S) groups is 1. The summed E-state index contributed by atoms with van der Waals surface area (Å²) in [5.74, 6) is 0.295. The normalized spacial score (nSPS) is 11.5. The number of benzene rings is 2. The molecule has 0 aliphatic heterocycles. The van der Waals surface area contributed by atoms with Crippen molar-refractivity contribution in [3.05, 3.63) is 58.1 Å². The summed E-state index contributed by atoms with van der Waals surface area (Å²) in [6.45, 7) is 4.01. The lowest BCUT2D eigenvalue weighted by Gasteiger charge is -2.14.